The summed E-state index contributed by atoms with van der Waals surface area (Å²) in [7, 11) is 0. The summed E-state index contributed by atoms with van der Waals surface area (Å²) >= 11 is 0. The van der Waals surface area contributed by atoms with E-state index in [4.69, 9.17) is 9.15 Å². The maximum atomic E-state index is 12.4. The number of phenolic OH excluding ortho intramolecular Hbond substituents is 1. The number of allylic oxidation sites excluding steroid dienone is 2. The second kappa shape index (κ2) is 8.61. The van der Waals surface area contributed by atoms with Crippen molar-refractivity contribution in [3.05, 3.63) is 88.8 Å². The van der Waals surface area contributed by atoms with Crippen molar-refractivity contribution < 1.29 is 19.1 Å². The Kier molecular flexibility index (Phi) is 5.98. The van der Waals surface area contributed by atoms with E-state index in [-0.39, 0.29) is 17.9 Å². The van der Waals surface area contributed by atoms with Gasteiger partial charge in [0.05, 0.1) is 6.61 Å². The summed E-state index contributed by atoms with van der Waals surface area (Å²) in [4.78, 5) is 24.5. The zero-order valence-electron chi connectivity index (χ0n) is 16.2. The van der Waals surface area contributed by atoms with Crippen LogP contribution in [0.3, 0.4) is 0 Å². The first-order valence-corrected chi connectivity index (χ1v) is 9.30. The average Bonchev–Trinajstić information content (AvgIpc) is 2.69. The number of ether oxygens (including phenoxy) is 1. The molecule has 1 heterocycles. The maximum absolute atomic E-state index is 12.4. The summed E-state index contributed by atoms with van der Waals surface area (Å²) < 4.78 is 10.5. The Morgan fingerprint density at radius 1 is 1.07 bits per heavy atom. The van der Waals surface area contributed by atoms with Gasteiger partial charge in [0, 0.05) is 16.5 Å². The molecule has 3 aromatic rings. The lowest BCUT2D eigenvalue weighted by molar-refractivity contribution is 0.0522. The Labute approximate surface area is 168 Å². The molecule has 5 heteroatoms. The van der Waals surface area contributed by atoms with Crippen molar-refractivity contribution in [1.82, 2.24) is 0 Å². The SMILES string of the molecule is C=CCc1ccc(O)c(-c2cc(CC=C)cc3cc(C(=O)OCC)c(=O)oc23)c1. The quantitative estimate of drug-likeness (QED) is 0.356. The molecule has 148 valence electrons. The Balaban J connectivity index is 2.31. The van der Waals surface area contributed by atoms with Gasteiger partial charge in [-0.25, -0.2) is 9.59 Å². The number of aromatic hydroxyl groups is 1. The van der Waals surface area contributed by atoms with Crippen LogP contribution in [-0.2, 0) is 17.6 Å². The number of esters is 1. The second-order valence-electron chi connectivity index (χ2n) is 6.57. The van der Waals surface area contributed by atoms with Gasteiger partial charge in [0.2, 0.25) is 0 Å². The molecule has 0 unspecified atom stereocenters. The maximum Gasteiger partial charge on any atom is 0.351 e. The fourth-order valence-electron chi connectivity index (χ4n) is 3.22. The fraction of sp³-hybridized carbons (Fsp3) is 0.167. The van der Waals surface area contributed by atoms with Gasteiger partial charge in [0.15, 0.2) is 0 Å². The van der Waals surface area contributed by atoms with Crippen LogP contribution in [0.1, 0.15) is 28.4 Å². The zero-order valence-corrected chi connectivity index (χ0v) is 16.2. The highest BCUT2D eigenvalue weighted by Crippen LogP contribution is 2.36. The van der Waals surface area contributed by atoms with Crippen LogP contribution in [0.25, 0.3) is 22.1 Å². The van der Waals surface area contributed by atoms with Crippen molar-refractivity contribution in [2.45, 2.75) is 19.8 Å². The first kappa shape index (κ1) is 20.1. The number of rotatable bonds is 7. The summed E-state index contributed by atoms with van der Waals surface area (Å²) in [6.07, 6.45) is 4.73. The molecule has 0 saturated carbocycles. The van der Waals surface area contributed by atoms with Crippen LogP contribution >= 0.6 is 0 Å². The molecule has 0 spiro atoms. The third kappa shape index (κ3) is 4.14. The number of benzene rings is 2. The van der Waals surface area contributed by atoms with Gasteiger partial charge in [-0.2, -0.15) is 0 Å². The molecule has 0 aliphatic rings. The molecule has 1 N–H and O–H groups in total. The third-order valence-electron chi connectivity index (χ3n) is 4.50. The molecule has 0 atom stereocenters. The van der Waals surface area contributed by atoms with E-state index in [2.05, 4.69) is 13.2 Å². The molecule has 5 nitrogen and oxygen atoms in total. The molecule has 0 amide bonds. The Morgan fingerprint density at radius 2 is 1.76 bits per heavy atom. The lowest BCUT2D eigenvalue weighted by atomic mass is 9.95. The summed E-state index contributed by atoms with van der Waals surface area (Å²) in [5.41, 5.74) is 2.31. The molecule has 0 aliphatic carbocycles. The van der Waals surface area contributed by atoms with E-state index in [1.165, 1.54) is 6.07 Å². The molecule has 0 radical (unpaired) electrons. The van der Waals surface area contributed by atoms with Crippen molar-refractivity contribution in [3.8, 4) is 16.9 Å². The zero-order chi connectivity index (χ0) is 21.0. The molecule has 0 bridgehead atoms. The Hall–Kier alpha value is -3.60. The number of hydrogen-bond donors (Lipinski definition) is 1. The predicted molar refractivity (Wildman–Crippen MR) is 113 cm³/mol. The molecule has 2 aromatic carbocycles. The van der Waals surface area contributed by atoms with Crippen LogP contribution < -0.4 is 5.63 Å². The Morgan fingerprint density at radius 3 is 2.45 bits per heavy atom. The summed E-state index contributed by atoms with van der Waals surface area (Å²) in [6.45, 7) is 9.34. The topological polar surface area (TPSA) is 76.7 Å². The highest BCUT2D eigenvalue weighted by Gasteiger charge is 2.19. The van der Waals surface area contributed by atoms with Crippen molar-refractivity contribution >= 4 is 16.9 Å². The van der Waals surface area contributed by atoms with Gasteiger partial charge in [-0.05, 0) is 61.2 Å². The van der Waals surface area contributed by atoms with Crippen molar-refractivity contribution in [3.63, 3.8) is 0 Å². The molecular weight excluding hydrogens is 368 g/mol. The monoisotopic (exact) mass is 390 g/mol. The van der Waals surface area contributed by atoms with Gasteiger partial charge >= 0.3 is 11.6 Å². The van der Waals surface area contributed by atoms with Crippen molar-refractivity contribution in [2.24, 2.45) is 0 Å². The van der Waals surface area contributed by atoms with Gasteiger partial charge in [0.1, 0.15) is 16.9 Å². The number of hydrogen-bond acceptors (Lipinski definition) is 5. The van der Waals surface area contributed by atoms with Gasteiger partial charge in [0.25, 0.3) is 0 Å². The highest BCUT2D eigenvalue weighted by atomic mass is 16.5. The average molecular weight is 390 g/mol. The molecule has 0 fully saturated rings. The summed E-state index contributed by atoms with van der Waals surface area (Å²) in [6, 6.07) is 10.4. The van der Waals surface area contributed by atoms with Crippen molar-refractivity contribution in [1.29, 1.82) is 0 Å². The Bertz CT molecular complexity index is 1150. The van der Waals surface area contributed by atoms with E-state index in [9.17, 15) is 14.7 Å². The third-order valence-corrected chi connectivity index (χ3v) is 4.50. The molecular formula is C24H22O5. The van der Waals surface area contributed by atoms with E-state index >= 15 is 0 Å². The molecule has 1 aromatic heterocycles. The molecule has 0 saturated heterocycles. The van der Waals surface area contributed by atoms with Gasteiger partial charge < -0.3 is 14.3 Å². The number of fused-ring (bicyclic) bond motifs is 1. The predicted octanol–water partition coefficient (Wildman–Crippen LogP) is 4.80. The smallest absolute Gasteiger partial charge is 0.351 e. The molecule has 0 aliphatic heterocycles. The van der Waals surface area contributed by atoms with Gasteiger partial charge in [-0.3, -0.25) is 0 Å². The van der Waals surface area contributed by atoms with Crippen LogP contribution in [0.15, 0.2) is 70.9 Å². The van der Waals surface area contributed by atoms with E-state index in [1.807, 2.05) is 24.3 Å². The van der Waals surface area contributed by atoms with Gasteiger partial charge in [-0.1, -0.05) is 18.2 Å². The second-order valence-corrected chi connectivity index (χ2v) is 6.57. The number of phenols is 1. The minimum atomic E-state index is -0.782. The van der Waals surface area contributed by atoms with E-state index in [0.29, 0.717) is 34.9 Å². The minimum Gasteiger partial charge on any atom is -0.507 e. The minimum absolute atomic E-state index is 0.0620. The van der Waals surface area contributed by atoms with Crippen LogP contribution in [0, 0.1) is 0 Å². The summed E-state index contributed by atoms with van der Waals surface area (Å²) in [5, 5.41) is 11.0. The van der Waals surface area contributed by atoms with Gasteiger partial charge in [-0.15, -0.1) is 13.2 Å². The largest absolute Gasteiger partial charge is 0.507 e. The van der Waals surface area contributed by atoms with Crippen LogP contribution in [0.2, 0.25) is 0 Å². The van der Waals surface area contributed by atoms with E-state index in [1.54, 1.807) is 25.1 Å². The first-order valence-electron chi connectivity index (χ1n) is 9.30. The number of carbonyl (C=O) groups excluding carboxylic acids is 1. The fourth-order valence-corrected chi connectivity index (χ4v) is 3.22. The van der Waals surface area contributed by atoms with E-state index < -0.39 is 11.6 Å². The lowest BCUT2D eigenvalue weighted by Crippen LogP contribution is -2.16. The van der Waals surface area contributed by atoms with E-state index in [0.717, 1.165) is 11.1 Å². The highest BCUT2D eigenvalue weighted by molar-refractivity contribution is 5.98. The van der Waals surface area contributed by atoms with Crippen molar-refractivity contribution in [2.75, 3.05) is 6.61 Å². The van der Waals surface area contributed by atoms with Crippen LogP contribution in [0.4, 0.5) is 0 Å². The number of carbonyl (C=O) groups is 1. The first-order chi connectivity index (χ1) is 14.0. The normalized spacial score (nSPS) is 10.7. The summed E-state index contributed by atoms with van der Waals surface area (Å²) in [5.74, 6) is -0.665. The lowest BCUT2D eigenvalue weighted by Gasteiger charge is -2.12. The molecule has 3 rings (SSSR count). The van der Waals surface area contributed by atoms with Crippen LogP contribution in [0.5, 0.6) is 5.75 Å². The van der Waals surface area contributed by atoms with Crippen LogP contribution in [-0.4, -0.2) is 17.7 Å². The molecule has 29 heavy (non-hydrogen) atoms. The standard InChI is InChI=1S/C24H22O5/c1-4-7-15-9-10-21(25)18(12-15)19-13-16(8-5-2)11-17-14-20(23(26)28-6-3)24(27)29-22(17)19/h4-5,9-14,25H,1-2,6-8H2,3H3.